The van der Waals surface area contributed by atoms with Gasteiger partial charge in [-0.05, 0) is 24.5 Å². The van der Waals surface area contributed by atoms with Crippen molar-refractivity contribution in [1.29, 1.82) is 0 Å². The molecule has 1 aliphatic heterocycles. The van der Waals surface area contributed by atoms with E-state index in [9.17, 15) is 9.59 Å². The van der Waals surface area contributed by atoms with Gasteiger partial charge in [-0.1, -0.05) is 39.8 Å². The van der Waals surface area contributed by atoms with Gasteiger partial charge in [0.15, 0.2) is 5.78 Å². The van der Waals surface area contributed by atoms with Gasteiger partial charge in [0, 0.05) is 49.8 Å². The maximum Gasteiger partial charge on any atom is 0.222 e. The Labute approximate surface area is 145 Å². The highest BCUT2D eigenvalue weighted by Crippen LogP contribution is 2.20. The quantitative estimate of drug-likeness (QED) is 0.748. The minimum Gasteiger partial charge on any atom is -0.368 e. The lowest BCUT2D eigenvalue weighted by atomic mass is 10.0. The van der Waals surface area contributed by atoms with E-state index >= 15 is 0 Å². The molecule has 0 radical (unpaired) electrons. The molecule has 1 amide bonds. The summed E-state index contributed by atoms with van der Waals surface area (Å²) in [6.45, 7) is 11.3. The molecule has 24 heavy (non-hydrogen) atoms. The fourth-order valence-electron chi connectivity index (χ4n) is 2.97. The molecular weight excluding hydrogens is 300 g/mol. The number of nitrogens with zero attached hydrogens (tertiary/aromatic N) is 2. The SMILES string of the molecule is CC(C)CCC(=O)N1CCN(c2cccc(C(=O)C(C)C)c2)CC1. The molecule has 0 aromatic heterocycles. The summed E-state index contributed by atoms with van der Waals surface area (Å²) in [6, 6.07) is 7.87. The van der Waals surface area contributed by atoms with Crippen molar-refractivity contribution in [3.8, 4) is 0 Å². The van der Waals surface area contributed by atoms with E-state index in [4.69, 9.17) is 0 Å². The molecule has 2 rings (SSSR count). The second-order valence-corrected chi connectivity index (χ2v) is 7.37. The van der Waals surface area contributed by atoms with Crippen molar-refractivity contribution in [3.05, 3.63) is 29.8 Å². The maximum atomic E-state index is 12.2. The molecule has 4 nitrogen and oxygen atoms in total. The Balaban J connectivity index is 1.94. The predicted octanol–water partition coefficient (Wildman–Crippen LogP) is 3.61. The van der Waals surface area contributed by atoms with E-state index in [0.29, 0.717) is 12.3 Å². The van der Waals surface area contributed by atoms with E-state index in [0.717, 1.165) is 43.9 Å². The third-order valence-electron chi connectivity index (χ3n) is 4.59. The first-order valence-corrected chi connectivity index (χ1v) is 9.05. The van der Waals surface area contributed by atoms with Gasteiger partial charge in [0.1, 0.15) is 0 Å². The second kappa shape index (κ2) is 8.32. The first-order chi connectivity index (χ1) is 11.4. The smallest absolute Gasteiger partial charge is 0.222 e. The third kappa shape index (κ3) is 4.83. The molecule has 4 heteroatoms. The van der Waals surface area contributed by atoms with E-state index in [-0.39, 0.29) is 17.6 Å². The normalized spacial score (nSPS) is 15.2. The molecule has 0 atom stereocenters. The number of rotatable bonds is 6. The lowest BCUT2D eigenvalue weighted by Crippen LogP contribution is -2.48. The molecule has 132 valence electrons. The van der Waals surface area contributed by atoms with Gasteiger partial charge >= 0.3 is 0 Å². The molecule has 0 aliphatic carbocycles. The average molecular weight is 330 g/mol. The first kappa shape index (κ1) is 18.5. The number of hydrogen-bond acceptors (Lipinski definition) is 3. The Morgan fingerprint density at radius 2 is 1.71 bits per heavy atom. The Kier molecular flexibility index (Phi) is 6.41. The minimum atomic E-state index is 0.00989. The molecular formula is C20H30N2O2. The van der Waals surface area contributed by atoms with Crippen LogP contribution in [0.5, 0.6) is 0 Å². The fourth-order valence-corrected chi connectivity index (χ4v) is 2.97. The van der Waals surface area contributed by atoms with Gasteiger partial charge in [-0.2, -0.15) is 0 Å². The molecule has 0 N–H and O–H groups in total. The van der Waals surface area contributed by atoms with Crippen LogP contribution in [0.15, 0.2) is 24.3 Å². The number of benzene rings is 1. The molecule has 1 aliphatic rings. The van der Waals surface area contributed by atoms with Crippen molar-refractivity contribution in [2.75, 3.05) is 31.1 Å². The number of hydrogen-bond donors (Lipinski definition) is 0. The number of ketones is 1. The lowest BCUT2D eigenvalue weighted by molar-refractivity contribution is -0.131. The zero-order valence-electron chi connectivity index (χ0n) is 15.4. The summed E-state index contributed by atoms with van der Waals surface area (Å²) in [5.41, 5.74) is 1.86. The van der Waals surface area contributed by atoms with Crippen LogP contribution in [0, 0.1) is 11.8 Å². The Morgan fingerprint density at radius 1 is 1.04 bits per heavy atom. The summed E-state index contributed by atoms with van der Waals surface area (Å²) < 4.78 is 0. The van der Waals surface area contributed by atoms with Crippen LogP contribution in [-0.4, -0.2) is 42.8 Å². The van der Waals surface area contributed by atoms with Crippen LogP contribution < -0.4 is 4.90 Å². The van der Waals surface area contributed by atoms with E-state index < -0.39 is 0 Å². The Morgan fingerprint density at radius 3 is 2.29 bits per heavy atom. The highest BCUT2D eigenvalue weighted by atomic mass is 16.2. The van der Waals surface area contributed by atoms with Crippen molar-refractivity contribution in [3.63, 3.8) is 0 Å². The van der Waals surface area contributed by atoms with Crippen LogP contribution in [0.3, 0.4) is 0 Å². The summed E-state index contributed by atoms with van der Waals surface area (Å²) in [5, 5.41) is 0. The van der Waals surface area contributed by atoms with Gasteiger partial charge in [0.25, 0.3) is 0 Å². The number of Topliss-reactive ketones (excluding diaryl/α,β-unsaturated/α-hetero) is 1. The van der Waals surface area contributed by atoms with Gasteiger partial charge in [-0.15, -0.1) is 0 Å². The topological polar surface area (TPSA) is 40.6 Å². The van der Waals surface area contributed by atoms with Crippen molar-refractivity contribution >= 4 is 17.4 Å². The van der Waals surface area contributed by atoms with Crippen LogP contribution in [0.4, 0.5) is 5.69 Å². The van der Waals surface area contributed by atoms with Crippen LogP contribution in [0.1, 0.15) is 50.9 Å². The summed E-state index contributed by atoms with van der Waals surface area (Å²) >= 11 is 0. The molecule has 1 aromatic rings. The lowest BCUT2D eigenvalue weighted by Gasteiger charge is -2.36. The number of amides is 1. The number of piperazine rings is 1. The molecule has 0 saturated carbocycles. The summed E-state index contributed by atoms with van der Waals surface area (Å²) in [7, 11) is 0. The van der Waals surface area contributed by atoms with Gasteiger partial charge in [-0.25, -0.2) is 0 Å². The van der Waals surface area contributed by atoms with Crippen molar-refractivity contribution < 1.29 is 9.59 Å². The highest BCUT2D eigenvalue weighted by Gasteiger charge is 2.22. The first-order valence-electron chi connectivity index (χ1n) is 9.05. The van der Waals surface area contributed by atoms with Crippen LogP contribution in [0.25, 0.3) is 0 Å². The van der Waals surface area contributed by atoms with Crippen LogP contribution in [0.2, 0.25) is 0 Å². The van der Waals surface area contributed by atoms with Crippen LogP contribution >= 0.6 is 0 Å². The molecule has 0 unspecified atom stereocenters. The van der Waals surface area contributed by atoms with Crippen LogP contribution in [-0.2, 0) is 4.79 Å². The van der Waals surface area contributed by atoms with Crippen molar-refractivity contribution in [1.82, 2.24) is 4.90 Å². The van der Waals surface area contributed by atoms with E-state index in [1.54, 1.807) is 0 Å². The van der Waals surface area contributed by atoms with Gasteiger partial charge in [0.05, 0.1) is 0 Å². The summed E-state index contributed by atoms with van der Waals surface area (Å²) in [4.78, 5) is 28.6. The molecule has 0 spiro atoms. The number of carbonyl (C=O) groups excluding carboxylic acids is 2. The average Bonchev–Trinajstić information content (AvgIpc) is 2.59. The Bertz CT molecular complexity index is 573. The molecule has 1 heterocycles. The van der Waals surface area contributed by atoms with Gasteiger partial charge < -0.3 is 9.80 Å². The van der Waals surface area contributed by atoms with E-state index in [1.165, 1.54) is 0 Å². The highest BCUT2D eigenvalue weighted by molar-refractivity contribution is 5.98. The summed E-state index contributed by atoms with van der Waals surface area (Å²) in [6.07, 6.45) is 1.61. The fraction of sp³-hybridized carbons (Fsp3) is 0.600. The van der Waals surface area contributed by atoms with Gasteiger partial charge in [-0.3, -0.25) is 9.59 Å². The predicted molar refractivity (Wildman–Crippen MR) is 98.5 cm³/mol. The van der Waals surface area contributed by atoms with E-state index in [1.807, 2.05) is 43.0 Å². The number of carbonyl (C=O) groups is 2. The molecule has 1 aromatic carbocycles. The standard InChI is InChI=1S/C20H30N2O2/c1-15(2)8-9-19(23)22-12-10-21(11-13-22)18-7-5-6-17(14-18)20(24)16(3)4/h5-7,14-16H,8-13H2,1-4H3. The number of anilines is 1. The largest absolute Gasteiger partial charge is 0.368 e. The molecule has 1 saturated heterocycles. The van der Waals surface area contributed by atoms with Crippen molar-refractivity contribution in [2.24, 2.45) is 11.8 Å². The second-order valence-electron chi connectivity index (χ2n) is 7.37. The zero-order valence-corrected chi connectivity index (χ0v) is 15.4. The summed E-state index contributed by atoms with van der Waals surface area (Å²) in [5.74, 6) is 1.03. The zero-order chi connectivity index (χ0) is 17.7. The minimum absolute atomic E-state index is 0.00989. The monoisotopic (exact) mass is 330 g/mol. The van der Waals surface area contributed by atoms with Gasteiger partial charge in [0.2, 0.25) is 5.91 Å². The third-order valence-corrected chi connectivity index (χ3v) is 4.59. The van der Waals surface area contributed by atoms with Crippen molar-refractivity contribution in [2.45, 2.75) is 40.5 Å². The Hall–Kier alpha value is -1.84. The molecule has 0 bridgehead atoms. The van der Waals surface area contributed by atoms with E-state index in [2.05, 4.69) is 18.7 Å². The molecule has 1 fully saturated rings. The maximum absolute atomic E-state index is 12.2.